The second kappa shape index (κ2) is 14.4. The van der Waals surface area contributed by atoms with Crippen LogP contribution in [0.15, 0.2) is 54.6 Å². The van der Waals surface area contributed by atoms with Gasteiger partial charge in [-0.05, 0) is 123 Å². The molecule has 1 unspecified atom stereocenters. The van der Waals surface area contributed by atoms with Crippen molar-refractivity contribution in [2.45, 2.75) is 77.0 Å². The summed E-state index contributed by atoms with van der Waals surface area (Å²) >= 11 is 0. The van der Waals surface area contributed by atoms with Gasteiger partial charge in [0.1, 0.15) is 17.9 Å². The van der Waals surface area contributed by atoms with Crippen LogP contribution in [-0.2, 0) is 22.7 Å². The molecule has 13 heteroatoms. The molecule has 5 amide bonds. The van der Waals surface area contributed by atoms with Gasteiger partial charge in [-0.1, -0.05) is 0 Å². The lowest BCUT2D eigenvalue weighted by molar-refractivity contribution is -0.136. The smallest absolute Gasteiger partial charge is 0.262 e. The molecule has 0 aliphatic carbocycles. The molecule has 2 atom stereocenters. The molecule has 3 aromatic carbocycles. The molecule has 12 nitrogen and oxygen atoms in total. The first-order valence-electron chi connectivity index (χ1n) is 20.2. The Morgan fingerprint density at radius 2 is 1.53 bits per heavy atom. The van der Waals surface area contributed by atoms with Gasteiger partial charge in [0, 0.05) is 81.8 Å². The highest BCUT2D eigenvalue weighted by atomic mass is 19.1. The summed E-state index contributed by atoms with van der Waals surface area (Å²) in [5.74, 6) is -1.95. The van der Waals surface area contributed by atoms with E-state index in [1.165, 1.54) is 6.07 Å². The summed E-state index contributed by atoms with van der Waals surface area (Å²) in [7, 11) is 0. The molecule has 3 aromatic rings. The van der Waals surface area contributed by atoms with Crippen molar-refractivity contribution in [3.63, 3.8) is 0 Å². The van der Waals surface area contributed by atoms with Gasteiger partial charge in [0.25, 0.3) is 17.7 Å². The largest absolute Gasteiger partial charge is 0.371 e. The van der Waals surface area contributed by atoms with Crippen molar-refractivity contribution in [3.8, 4) is 6.07 Å². The fraction of sp³-hybridized carbons (Fsp3) is 0.455. The molecule has 0 radical (unpaired) electrons. The summed E-state index contributed by atoms with van der Waals surface area (Å²) < 4.78 is 14.4. The number of hydrogen-bond donors (Lipinski definition) is 1. The van der Waals surface area contributed by atoms with E-state index in [0.717, 1.165) is 85.7 Å². The van der Waals surface area contributed by atoms with E-state index in [-0.39, 0.29) is 29.7 Å². The zero-order valence-electron chi connectivity index (χ0n) is 32.1. The number of nitrogens with one attached hydrogen (secondary N) is 1. The van der Waals surface area contributed by atoms with Crippen LogP contribution < -0.4 is 15.1 Å². The predicted octanol–water partition coefficient (Wildman–Crippen LogP) is 4.85. The quantitative estimate of drug-likeness (QED) is 0.349. The highest BCUT2D eigenvalue weighted by Gasteiger charge is 2.46. The number of anilines is 2. The van der Waals surface area contributed by atoms with Crippen molar-refractivity contribution in [1.29, 1.82) is 5.26 Å². The van der Waals surface area contributed by atoms with Crippen molar-refractivity contribution in [1.82, 2.24) is 20.0 Å². The number of carbonyl (C=O) groups is 5. The van der Waals surface area contributed by atoms with E-state index in [0.29, 0.717) is 54.8 Å². The Bertz CT molecular complexity index is 2180. The number of halogens is 1. The standard InChI is InChI=1S/C44H46FN7O5/c1-27-21-44(26-51(27)34-7-4-30(22-46)37(45)20-34)12-16-49(17-13-44)33-5-2-29(3-6-33)41(55)50-14-10-28(11-15-50)23-48-24-31-18-35-36(19-32(31)25-48)43(57)52(42(35)56)38-8-9-39(53)47-40(38)54/h2-7,18-20,27-28,38H,8-17,21,23-26H2,1H3,(H,47,53,54)/t27-,38?/m0/s1. The Morgan fingerprint density at radius 1 is 0.877 bits per heavy atom. The number of nitrogens with zero attached hydrogens (tertiary/aromatic N) is 6. The topological polar surface area (TPSA) is 137 Å². The Morgan fingerprint density at radius 3 is 2.14 bits per heavy atom. The number of piperidine rings is 3. The fourth-order valence-corrected chi connectivity index (χ4v) is 10.3. The van der Waals surface area contributed by atoms with Crippen LogP contribution in [0.5, 0.6) is 0 Å². The summed E-state index contributed by atoms with van der Waals surface area (Å²) in [5.41, 5.74) is 5.57. The van der Waals surface area contributed by atoms with Crippen molar-refractivity contribution >= 4 is 40.9 Å². The number of carbonyl (C=O) groups excluding carboxylic acids is 5. The number of amides is 5. The minimum atomic E-state index is -0.973. The lowest BCUT2D eigenvalue weighted by atomic mass is 9.76. The number of nitriles is 1. The first kappa shape index (κ1) is 37.0. The van der Waals surface area contributed by atoms with E-state index in [1.807, 2.05) is 29.2 Å². The zero-order valence-corrected chi connectivity index (χ0v) is 32.1. The highest BCUT2D eigenvalue weighted by molar-refractivity contribution is 6.23. The SMILES string of the molecule is C[C@H]1CC2(CCN(c3ccc(C(=O)N4CCC(CN5Cc6cc7c(cc6C5)C(=O)N(C5CCC(=O)NC5=O)C7=O)CC4)cc3)CC2)CN1c1ccc(C#N)c(F)c1. The number of imide groups is 2. The maximum atomic E-state index is 14.4. The molecule has 9 rings (SSSR count). The van der Waals surface area contributed by atoms with Crippen LogP contribution in [0.3, 0.4) is 0 Å². The molecular weight excluding hydrogens is 726 g/mol. The Labute approximate surface area is 331 Å². The average molecular weight is 772 g/mol. The maximum absolute atomic E-state index is 14.4. The van der Waals surface area contributed by atoms with Crippen LogP contribution in [0, 0.1) is 28.5 Å². The van der Waals surface area contributed by atoms with E-state index in [1.54, 1.807) is 18.2 Å². The molecule has 57 heavy (non-hydrogen) atoms. The number of benzene rings is 3. The van der Waals surface area contributed by atoms with E-state index < -0.39 is 35.5 Å². The molecule has 4 fully saturated rings. The molecule has 1 spiro atoms. The van der Waals surface area contributed by atoms with Gasteiger partial charge in [-0.2, -0.15) is 5.26 Å². The fourth-order valence-electron chi connectivity index (χ4n) is 10.3. The Kier molecular flexibility index (Phi) is 9.35. The molecule has 4 saturated heterocycles. The van der Waals surface area contributed by atoms with Crippen LogP contribution in [0.4, 0.5) is 15.8 Å². The Balaban J connectivity index is 0.745. The lowest BCUT2D eigenvalue weighted by Crippen LogP contribution is -2.54. The van der Waals surface area contributed by atoms with Crippen LogP contribution in [0.1, 0.15) is 99.6 Å². The summed E-state index contributed by atoms with van der Waals surface area (Å²) in [4.78, 5) is 74.2. The number of hydrogen-bond acceptors (Lipinski definition) is 9. The molecular formula is C44H46FN7O5. The van der Waals surface area contributed by atoms with Gasteiger partial charge >= 0.3 is 0 Å². The van der Waals surface area contributed by atoms with Gasteiger partial charge in [-0.3, -0.25) is 39.1 Å². The van der Waals surface area contributed by atoms with Crippen LogP contribution in [-0.4, -0.2) is 95.6 Å². The van der Waals surface area contributed by atoms with E-state index >= 15 is 0 Å². The van der Waals surface area contributed by atoms with E-state index in [2.05, 4.69) is 39.1 Å². The maximum Gasteiger partial charge on any atom is 0.262 e. The second-order valence-corrected chi connectivity index (χ2v) is 17.0. The molecule has 0 aromatic heterocycles. The first-order valence-corrected chi connectivity index (χ1v) is 20.2. The molecule has 6 aliphatic heterocycles. The number of likely N-dealkylation sites (tertiary alicyclic amines) is 1. The van der Waals surface area contributed by atoms with Crippen molar-refractivity contribution in [2.24, 2.45) is 11.3 Å². The molecule has 1 N–H and O–H groups in total. The molecule has 0 saturated carbocycles. The Hall–Kier alpha value is -5.61. The molecule has 294 valence electrons. The lowest BCUT2D eigenvalue weighted by Gasteiger charge is -2.40. The number of rotatable bonds is 6. The summed E-state index contributed by atoms with van der Waals surface area (Å²) in [6.45, 7) is 8.51. The third-order valence-corrected chi connectivity index (χ3v) is 13.4. The summed E-state index contributed by atoms with van der Waals surface area (Å²) in [6.07, 6.45) is 5.16. The van der Waals surface area contributed by atoms with Crippen molar-refractivity contribution < 1.29 is 28.4 Å². The molecule has 6 heterocycles. The van der Waals surface area contributed by atoms with Crippen LogP contribution in [0.25, 0.3) is 0 Å². The minimum absolute atomic E-state index is 0.0562. The van der Waals surface area contributed by atoms with Crippen molar-refractivity contribution in [3.05, 3.63) is 93.8 Å². The number of fused-ring (bicyclic) bond motifs is 2. The van der Waals surface area contributed by atoms with Gasteiger partial charge in [-0.15, -0.1) is 0 Å². The molecule has 6 aliphatic rings. The van der Waals surface area contributed by atoms with Gasteiger partial charge in [-0.25, -0.2) is 4.39 Å². The zero-order chi connectivity index (χ0) is 39.6. The summed E-state index contributed by atoms with van der Waals surface area (Å²) in [5, 5.41) is 11.4. The van der Waals surface area contributed by atoms with Gasteiger partial charge in [0.05, 0.1) is 16.7 Å². The normalized spacial score (nSPS) is 23.6. The van der Waals surface area contributed by atoms with E-state index in [4.69, 9.17) is 5.26 Å². The van der Waals surface area contributed by atoms with Gasteiger partial charge < -0.3 is 14.7 Å². The van der Waals surface area contributed by atoms with E-state index in [9.17, 15) is 28.4 Å². The van der Waals surface area contributed by atoms with Gasteiger partial charge in [0.2, 0.25) is 11.8 Å². The van der Waals surface area contributed by atoms with Crippen LogP contribution in [0.2, 0.25) is 0 Å². The highest BCUT2D eigenvalue weighted by Crippen LogP contribution is 2.46. The predicted molar refractivity (Wildman–Crippen MR) is 209 cm³/mol. The molecule has 0 bridgehead atoms. The third-order valence-electron chi connectivity index (χ3n) is 13.4. The van der Waals surface area contributed by atoms with Gasteiger partial charge in [0.15, 0.2) is 0 Å². The van der Waals surface area contributed by atoms with Crippen molar-refractivity contribution in [2.75, 3.05) is 49.1 Å². The minimum Gasteiger partial charge on any atom is -0.371 e. The summed E-state index contributed by atoms with van der Waals surface area (Å²) in [6, 6.07) is 17.8. The third kappa shape index (κ3) is 6.73. The van der Waals surface area contributed by atoms with Crippen LogP contribution >= 0.6 is 0 Å². The average Bonchev–Trinajstić information content (AvgIpc) is 3.84. The second-order valence-electron chi connectivity index (χ2n) is 17.0. The monoisotopic (exact) mass is 771 g/mol. The first-order chi connectivity index (χ1) is 27.5.